The number of anilines is 1. The number of sulfonamides is 1. The van der Waals surface area contributed by atoms with E-state index in [0.29, 0.717) is 37.4 Å². The number of H-pyrrole nitrogens is 1. The lowest BCUT2D eigenvalue weighted by Crippen LogP contribution is -2.48. The molecule has 1 N–H and O–H groups in total. The van der Waals surface area contributed by atoms with Crippen molar-refractivity contribution in [3.8, 4) is 0 Å². The molecule has 0 aliphatic carbocycles. The van der Waals surface area contributed by atoms with E-state index in [4.69, 9.17) is 4.74 Å². The second kappa shape index (κ2) is 7.92. The van der Waals surface area contributed by atoms with Gasteiger partial charge in [0.05, 0.1) is 6.61 Å². The summed E-state index contributed by atoms with van der Waals surface area (Å²) in [7, 11) is -3.76. The van der Waals surface area contributed by atoms with Crippen molar-refractivity contribution < 1.29 is 22.3 Å². The Bertz CT molecular complexity index is 962. The lowest BCUT2D eigenvalue weighted by atomic mass is 10.2. The Hall–Kier alpha value is -2.39. The van der Waals surface area contributed by atoms with Gasteiger partial charge in [0.15, 0.2) is 0 Å². The zero-order chi connectivity index (χ0) is 20.5. The zero-order valence-electron chi connectivity index (χ0n) is 16.2. The molecule has 2 heterocycles. The molecule has 1 saturated heterocycles. The van der Waals surface area contributed by atoms with Gasteiger partial charge in [-0.3, -0.25) is 0 Å². The van der Waals surface area contributed by atoms with E-state index in [0.717, 1.165) is 5.69 Å². The number of carbonyl (C=O) groups excluding carboxylic acids is 1. The summed E-state index contributed by atoms with van der Waals surface area (Å²) in [5, 5.41) is 0. The van der Waals surface area contributed by atoms with Crippen molar-refractivity contribution in [3.63, 3.8) is 0 Å². The maximum absolute atomic E-state index is 13.2. The lowest BCUT2D eigenvalue weighted by Gasteiger charge is -2.35. The maximum Gasteiger partial charge on any atom is 0.355 e. The molecule has 2 aromatic rings. The van der Waals surface area contributed by atoms with E-state index in [9.17, 15) is 17.6 Å². The van der Waals surface area contributed by atoms with E-state index in [1.165, 1.54) is 16.4 Å². The summed E-state index contributed by atoms with van der Waals surface area (Å²) < 4.78 is 45.9. The summed E-state index contributed by atoms with van der Waals surface area (Å²) in [6.07, 6.45) is 0. The number of ether oxygens (including phenoxy) is 1. The zero-order valence-corrected chi connectivity index (χ0v) is 17.0. The average Bonchev–Trinajstić information content (AvgIpc) is 2.97. The van der Waals surface area contributed by atoms with Gasteiger partial charge in [-0.15, -0.1) is 0 Å². The molecule has 0 spiro atoms. The van der Waals surface area contributed by atoms with Crippen LogP contribution in [0.5, 0.6) is 0 Å². The van der Waals surface area contributed by atoms with Crippen LogP contribution in [0.2, 0.25) is 0 Å². The van der Waals surface area contributed by atoms with Crippen molar-refractivity contribution in [2.24, 2.45) is 0 Å². The van der Waals surface area contributed by atoms with Crippen LogP contribution in [0.25, 0.3) is 0 Å². The number of carbonyl (C=O) groups is 1. The van der Waals surface area contributed by atoms with Crippen molar-refractivity contribution in [2.45, 2.75) is 25.7 Å². The van der Waals surface area contributed by atoms with Gasteiger partial charge in [-0.05, 0) is 45.0 Å². The largest absolute Gasteiger partial charge is 0.461 e. The highest BCUT2D eigenvalue weighted by atomic mass is 32.2. The number of nitrogens with one attached hydrogen (secondary N) is 1. The van der Waals surface area contributed by atoms with Crippen molar-refractivity contribution in [1.82, 2.24) is 9.29 Å². The number of rotatable bonds is 5. The van der Waals surface area contributed by atoms with E-state index in [1.54, 1.807) is 32.9 Å². The van der Waals surface area contributed by atoms with Crippen LogP contribution < -0.4 is 4.90 Å². The van der Waals surface area contributed by atoms with Crippen LogP contribution in [0.1, 0.15) is 28.7 Å². The summed E-state index contributed by atoms with van der Waals surface area (Å²) >= 11 is 0. The Morgan fingerprint density at radius 1 is 1.14 bits per heavy atom. The number of nitrogens with zero attached hydrogens (tertiary/aromatic N) is 2. The molecular weight excluding hydrogens is 385 g/mol. The highest BCUT2D eigenvalue weighted by Gasteiger charge is 2.34. The van der Waals surface area contributed by atoms with Crippen LogP contribution in [0.4, 0.5) is 10.1 Å². The maximum atomic E-state index is 13.2. The van der Waals surface area contributed by atoms with Crippen molar-refractivity contribution >= 4 is 21.7 Å². The summed E-state index contributed by atoms with van der Waals surface area (Å²) in [6, 6.07) is 6.15. The molecule has 0 bridgehead atoms. The SMILES string of the molecule is CCOC(=O)c1[nH]c(C)c(S(=O)(=O)N2CCN(c3ccc(F)cc3)CC2)c1C. The number of esters is 1. The van der Waals surface area contributed by atoms with E-state index >= 15 is 0 Å². The number of aromatic nitrogens is 1. The third kappa shape index (κ3) is 3.77. The fourth-order valence-electron chi connectivity index (χ4n) is 3.49. The quantitative estimate of drug-likeness (QED) is 0.767. The first-order chi connectivity index (χ1) is 13.3. The number of hydrogen-bond acceptors (Lipinski definition) is 5. The smallest absolute Gasteiger partial charge is 0.355 e. The molecule has 1 aliphatic heterocycles. The first-order valence-corrected chi connectivity index (χ1v) is 10.6. The fourth-order valence-corrected chi connectivity index (χ4v) is 5.32. The lowest BCUT2D eigenvalue weighted by molar-refractivity contribution is 0.0519. The van der Waals surface area contributed by atoms with Crippen LogP contribution in [0.15, 0.2) is 29.2 Å². The standard InChI is InChI=1S/C19H24FN3O4S/c1-4-27-19(24)17-13(2)18(14(3)21-17)28(25,26)23-11-9-22(10-12-23)16-7-5-15(20)6-8-16/h5-8,21H,4,9-12H2,1-3H3. The van der Waals surface area contributed by atoms with E-state index in [2.05, 4.69) is 4.98 Å². The minimum Gasteiger partial charge on any atom is -0.461 e. The first-order valence-electron chi connectivity index (χ1n) is 9.12. The van der Waals surface area contributed by atoms with Gasteiger partial charge in [0, 0.05) is 43.1 Å². The van der Waals surface area contributed by atoms with Crippen LogP contribution >= 0.6 is 0 Å². The van der Waals surface area contributed by atoms with Gasteiger partial charge < -0.3 is 14.6 Å². The molecule has 28 heavy (non-hydrogen) atoms. The van der Waals surface area contributed by atoms with Gasteiger partial charge in [0.2, 0.25) is 10.0 Å². The molecule has 152 valence electrons. The molecule has 1 aliphatic rings. The number of halogens is 1. The molecule has 9 heteroatoms. The van der Waals surface area contributed by atoms with Crippen molar-refractivity contribution in [1.29, 1.82) is 0 Å². The van der Waals surface area contributed by atoms with Crippen LogP contribution in [0, 0.1) is 19.7 Å². The Labute approximate surface area is 164 Å². The number of piperazine rings is 1. The molecule has 1 fully saturated rings. The highest BCUT2D eigenvalue weighted by Crippen LogP contribution is 2.28. The van der Waals surface area contributed by atoms with Gasteiger partial charge in [-0.1, -0.05) is 0 Å². The van der Waals surface area contributed by atoms with E-state index < -0.39 is 16.0 Å². The average molecular weight is 409 g/mol. The molecule has 0 radical (unpaired) electrons. The second-order valence-electron chi connectivity index (χ2n) is 6.67. The molecule has 0 saturated carbocycles. The second-order valence-corrected chi connectivity index (χ2v) is 8.54. The van der Waals surface area contributed by atoms with Gasteiger partial charge in [0.1, 0.15) is 16.4 Å². The third-order valence-electron chi connectivity index (χ3n) is 4.88. The monoisotopic (exact) mass is 409 g/mol. The number of hydrogen-bond donors (Lipinski definition) is 1. The van der Waals surface area contributed by atoms with E-state index in [-0.39, 0.29) is 23.0 Å². The molecule has 7 nitrogen and oxygen atoms in total. The molecular formula is C19H24FN3O4S. The highest BCUT2D eigenvalue weighted by molar-refractivity contribution is 7.89. The normalized spacial score (nSPS) is 15.6. The summed E-state index contributed by atoms with van der Waals surface area (Å²) in [4.78, 5) is 17.1. The van der Waals surface area contributed by atoms with Crippen molar-refractivity contribution in [3.05, 3.63) is 47.0 Å². The number of benzene rings is 1. The topological polar surface area (TPSA) is 82.7 Å². The molecule has 1 aromatic heterocycles. The van der Waals surface area contributed by atoms with Gasteiger partial charge in [0.25, 0.3) is 0 Å². The summed E-state index contributed by atoms with van der Waals surface area (Å²) in [5.41, 5.74) is 1.82. The Kier molecular flexibility index (Phi) is 5.76. The Morgan fingerprint density at radius 2 is 1.75 bits per heavy atom. The Balaban J connectivity index is 1.79. The van der Waals surface area contributed by atoms with Crippen LogP contribution in [-0.2, 0) is 14.8 Å². The number of aryl methyl sites for hydroxylation is 1. The molecule has 0 amide bonds. The third-order valence-corrected chi connectivity index (χ3v) is 7.05. The fraction of sp³-hybridized carbons (Fsp3) is 0.421. The number of aromatic amines is 1. The predicted molar refractivity (Wildman–Crippen MR) is 104 cm³/mol. The molecule has 0 unspecified atom stereocenters. The van der Waals surface area contributed by atoms with Gasteiger partial charge in [-0.25, -0.2) is 17.6 Å². The predicted octanol–water partition coefficient (Wildman–Crippen LogP) is 2.46. The van der Waals surface area contributed by atoms with Crippen LogP contribution in [0.3, 0.4) is 0 Å². The minimum absolute atomic E-state index is 0.130. The molecule has 1 aromatic carbocycles. The summed E-state index contributed by atoms with van der Waals surface area (Å²) in [5.74, 6) is -0.869. The Morgan fingerprint density at radius 3 is 2.32 bits per heavy atom. The van der Waals surface area contributed by atoms with Gasteiger partial charge >= 0.3 is 5.97 Å². The van der Waals surface area contributed by atoms with Gasteiger partial charge in [-0.2, -0.15) is 4.31 Å². The minimum atomic E-state index is -3.76. The molecule has 0 atom stereocenters. The first kappa shape index (κ1) is 20.3. The van der Waals surface area contributed by atoms with Crippen molar-refractivity contribution in [2.75, 3.05) is 37.7 Å². The van der Waals surface area contributed by atoms with E-state index in [1.807, 2.05) is 4.90 Å². The van der Waals surface area contributed by atoms with Crippen LogP contribution in [-0.4, -0.2) is 56.5 Å². The summed E-state index contributed by atoms with van der Waals surface area (Å²) in [6.45, 7) is 6.76. The molecule has 3 rings (SSSR count).